The van der Waals surface area contributed by atoms with Gasteiger partial charge in [-0.05, 0) is 6.92 Å². The molecule has 0 aliphatic carbocycles. The molecule has 0 heterocycles. The maximum absolute atomic E-state index is 11.4. The summed E-state index contributed by atoms with van der Waals surface area (Å²) in [5, 5.41) is 20.3. The van der Waals surface area contributed by atoms with Gasteiger partial charge in [-0.25, -0.2) is 0 Å². The summed E-state index contributed by atoms with van der Waals surface area (Å²) < 4.78 is 0. The van der Waals surface area contributed by atoms with Crippen molar-refractivity contribution in [1.29, 1.82) is 0 Å². The summed E-state index contributed by atoms with van der Waals surface area (Å²) >= 11 is 0. The molecule has 0 saturated heterocycles. The second kappa shape index (κ2) is 5.67. The number of carbonyl (C=O) groups excluding carboxylic acids is 2. The molecule has 0 aliphatic heterocycles. The van der Waals surface area contributed by atoms with E-state index >= 15 is 0 Å². The summed E-state index contributed by atoms with van der Waals surface area (Å²) in [5.41, 5.74) is -1.05. The third kappa shape index (κ3) is 4.75. The molecule has 0 aromatic carbocycles. The summed E-state index contributed by atoms with van der Waals surface area (Å²) in [4.78, 5) is 23.4. The maximum Gasteiger partial charge on any atom is 0.240 e. The smallest absolute Gasteiger partial charge is 0.240 e. The molecule has 0 spiro atoms. The zero-order valence-corrected chi connectivity index (χ0v) is 9.28. The molecule has 0 radical (unpaired) electrons. The highest BCUT2D eigenvalue weighted by molar-refractivity contribution is 5.84. The van der Waals surface area contributed by atoms with Gasteiger partial charge >= 0.3 is 0 Å². The minimum atomic E-state index is -1.05. The van der Waals surface area contributed by atoms with E-state index < -0.39 is 11.4 Å². The minimum absolute atomic E-state index is 0.0923. The fourth-order valence-corrected chi connectivity index (χ4v) is 0.832. The predicted octanol–water partition coefficient (Wildman–Crippen LogP) is -1.68. The number of aliphatic hydroxyl groups excluding tert-OH is 2. The lowest BCUT2D eigenvalue weighted by atomic mass is 10.1. The van der Waals surface area contributed by atoms with Gasteiger partial charge in [0.1, 0.15) is 0 Å². The first-order valence-corrected chi connectivity index (χ1v) is 4.59. The average Bonchev–Trinajstić information content (AvgIpc) is 2.17. The summed E-state index contributed by atoms with van der Waals surface area (Å²) in [5.74, 6) is -0.641. The van der Waals surface area contributed by atoms with E-state index in [9.17, 15) is 9.59 Å². The van der Waals surface area contributed by atoms with Crippen LogP contribution in [0.5, 0.6) is 0 Å². The number of amides is 2. The highest BCUT2D eigenvalue weighted by atomic mass is 16.3. The number of nitrogens with zero attached hydrogens (tertiary/aromatic N) is 1. The average molecular weight is 218 g/mol. The third-order valence-electron chi connectivity index (χ3n) is 2.06. The van der Waals surface area contributed by atoms with Crippen molar-refractivity contribution < 1.29 is 19.8 Å². The molecule has 0 rings (SSSR count). The van der Waals surface area contributed by atoms with E-state index in [1.165, 1.54) is 25.8 Å². The number of nitrogens with one attached hydrogen (secondary N) is 1. The molecule has 0 bridgehead atoms. The van der Waals surface area contributed by atoms with E-state index in [1.54, 1.807) is 0 Å². The summed E-state index contributed by atoms with van der Waals surface area (Å²) in [7, 11) is 1.50. The molecular weight excluding hydrogens is 200 g/mol. The van der Waals surface area contributed by atoms with Crippen LogP contribution in [0.3, 0.4) is 0 Å². The van der Waals surface area contributed by atoms with Crippen LogP contribution in [0.25, 0.3) is 0 Å². The molecule has 3 N–H and O–H groups in total. The Morgan fingerprint density at radius 1 is 1.33 bits per heavy atom. The fourth-order valence-electron chi connectivity index (χ4n) is 0.832. The van der Waals surface area contributed by atoms with Crippen LogP contribution in [-0.4, -0.2) is 59.3 Å². The van der Waals surface area contributed by atoms with Gasteiger partial charge in [-0.1, -0.05) is 0 Å². The van der Waals surface area contributed by atoms with Gasteiger partial charge in [-0.3, -0.25) is 9.59 Å². The Bertz CT molecular complexity index is 238. The number of hydrogen-bond acceptors (Lipinski definition) is 4. The van der Waals surface area contributed by atoms with Crippen LogP contribution in [0.4, 0.5) is 0 Å². The SMILES string of the molecule is CC(=O)N(C)CC(=O)NC(C)(CO)CO. The first-order valence-electron chi connectivity index (χ1n) is 4.59. The van der Waals surface area contributed by atoms with E-state index in [0.29, 0.717) is 0 Å². The molecule has 0 unspecified atom stereocenters. The molecule has 6 heteroatoms. The number of carbonyl (C=O) groups is 2. The molecule has 0 aliphatic rings. The lowest BCUT2D eigenvalue weighted by molar-refractivity contribution is -0.134. The first kappa shape index (κ1) is 13.9. The monoisotopic (exact) mass is 218 g/mol. The Hall–Kier alpha value is -1.14. The van der Waals surface area contributed by atoms with Gasteiger partial charge in [0.05, 0.1) is 25.3 Å². The highest BCUT2D eigenvalue weighted by Crippen LogP contribution is 2.00. The van der Waals surface area contributed by atoms with Crippen molar-refractivity contribution in [1.82, 2.24) is 10.2 Å². The second-order valence-corrected chi connectivity index (χ2v) is 3.80. The fraction of sp³-hybridized carbons (Fsp3) is 0.778. The normalized spacial score (nSPS) is 11.0. The third-order valence-corrected chi connectivity index (χ3v) is 2.06. The number of hydrogen-bond donors (Lipinski definition) is 3. The van der Waals surface area contributed by atoms with E-state index in [2.05, 4.69) is 5.32 Å². The van der Waals surface area contributed by atoms with Crippen LogP contribution in [0.1, 0.15) is 13.8 Å². The van der Waals surface area contributed by atoms with Gasteiger partial charge in [-0.15, -0.1) is 0 Å². The molecule has 6 nitrogen and oxygen atoms in total. The van der Waals surface area contributed by atoms with Crippen LogP contribution in [0, 0.1) is 0 Å². The van der Waals surface area contributed by atoms with Gasteiger partial charge in [0.15, 0.2) is 0 Å². The number of aliphatic hydroxyl groups is 2. The van der Waals surface area contributed by atoms with Crippen molar-refractivity contribution in [3.8, 4) is 0 Å². The molecule has 0 aromatic heterocycles. The molecule has 0 fully saturated rings. The standard InChI is InChI=1S/C9H18N2O4/c1-7(14)11(3)4-8(15)10-9(2,5-12)6-13/h12-13H,4-6H2,1-3H3,(H,10,15). The Morgan fingerprint density at radius 3 is 2.13 bits per heavy atom. The van der Waals surface area contributed by atoms with E-state index in [0.717, 1.165) is 0 Å². The minimum Gasteiger partial charge on any atom is -0.394 e. The Morgan fingerprint density at radius 2 is 1.80 bits per heavy atom. The van der Waals surface area contributed by atoms with Gasteiger partial charge < -0.3 is 20.4 Å². The summed E-state index contributed by atoms with van der Waals surface area (Å²) in [6, 6.07) is 0. The molecule has 2 amide bonds. The predicted molar refractivity (Wildman–Crippen MR) is 54.0 cm³/mol. The van der Waals surface area contributed by atoms with Crippen molar-refractivity contribution in [3.63, 3.8) is 0 Å². The molecule has 88 valence electrons. The quantitative estimate of drug-likeness (QED) is 0.514. The van der Waals surface area contributed by atoms with Crippen molar-refractivity contribution in [3.05, 3.63) is 0 Å². The van der Waals surface area contributed by atoms with Crippen LogP contribution < -0.4 is 5.32 Å². The molecule has 0 atom stereocenters. The van der Waals surface area contributed by atoms with Gasteiger partial charge in [0.25, 0.3) is 0 Å². The summed E-state index contributed by atoms with van der Waals surface area (Å²) in [6.45, 7) is 2.05. The Kier molecular flexibility index (Phi) is 5.24. The van der Waals surface area contributed by atoms with Crippen molar-refractivity contribution >= 4 is 11.8 Å². The van der Waals surface area contributed by atoms with Crippen LogP contribution in [0.15, 0.2) is 0 Å². The Balaban J connectivity index is 4.19. The van der Waals surface area contributed by atoms with Crippen molar-refractivity contribution in [2.24, 2.45) is 0 Å². The van der Waals surface area contributed by atoms with E-state index in [4.69, 9.17) is 10.2 Å². The second-order valence-electron chi connectivity index (χ2n) is 3.80. The largest absolute Gasteiger partial charge is 0.394 e. The van der Waals surface area contributed by atoms with Crippen LogP contribution in [0.2, 0.25) is 0 Å². The molecule has 15 heavy (non-hydrogen) atoms. The van der Waals surface area contributed by atoms with Gasteiger partial charge in [-0.2, -0.15) is 0 Å². The van der Waals surface area contributed by atoms with Crippen molar-refractivity contribution in [2.75, 3.05) is 26.8 Å². The van der Waals surface area contributed by atoms with Crippen LogP contribution >= 0.6 is 0 Å². The zero-order chi connectivity index (χ0) is 12.1. The maximum atomic E-state index is 11.4. The number of rotatable bonds is 5. The topological polar surface area (TPSA) is 89.9 Å². The van der Waals surface area contributed by atoms with Gasteiger partial charge in [0.2, 0.25) is 11.8 Å². The molecular formula is C9H18N2O4. The first-order chi connectivity index (χ1) is 6.84. The number of likely N-dealkylation sites (N-methyl/N-ethyl adjacent to an activating group) is 1. The molecule has 0 aromatic rings. The van der Waals surface area contributed by atoms with E-state index in [-0.39, 0.29) is 25.7 Å². The van der Waals surface area contributed by atoms with Crippen molar-refractivity contribution in [2.45, 2.75) is 19.4 Å². The van der Waals surface area contributed by atoms with Crippen LogP contribution in [-0.2, 0) is 9.59 Å². The van der Waals surface area contributed by atoms with Gasteiger partial charge in [0, 0.05) is 14.0 Å². The lowest BCUT2D eigenvalue weighted by Crippen LogP contribution is -2.54. The molecule has 0 saturated carbocycles. The summed E-state index contributed by atoms with van der Waals surface area (Å²) in [6.07, 6.45) is 0. The lowest BCUT2D eigenvalue weighted by Gasteiger charge is -2.27. The zero-order valence-electron chi connectivity index (χ0n) is 9.28. The Labute approximate surface area is 88.9 Å². The van der Waals surface area contributed by atoms with E-state index in [1.807, 2.05) is 0 Å². The highest BCUT2D eigenvalue weighted by Gasteiger charge is 2.25.